The maximum atomic E-state index is 11.6. The van der Waals surface area contributed by atoms with Gasteiger partial charge in [0.15, 0.2) is 0 Å². The Morgan fingerprint density at radius 1 is 1.35 bits per heavy atom. The molecule has 0 fully saturated rings. The molecule has 20 heavy (non-hydrogen) atoms. The number of carbonyl (C=O) groups excluding carboxylic acids is 1. The van der Waals surface area contributed by atoms with E-state index in [-0.39, 0.29) is 11.7 Å². The van der Waals surface area contributed by atoms with Gasteiger partial charge in [-0.1, -0.05) is 41.6 Å². The van der Waals surface area contributed by atoms with Gasteiger partial charge in [0.2, 0.25) is 5.91 Å². The molecule has 0 bridgehead atoms. The van der Waals surface area contributed by atoms with Crippen molar-refractivity contribution in [1.29, 1.82) is 0 Å². The lowest BCUT2D eigenvalue weighted by atomic mass is 10.2. The minimum absolute atomic E-state index is 0.182. The van der Waals surface area contributed by atoms with Gasteiger partial charge >= 0.3 is 0 Å². The lowest BCUT2D eigenvalue weighted by molar-refractivity contribution is -0.118. The molecule has 0 saturated heterocycles. The Balaban J connectivity index is 1.78. The molecule has 1 aromatic heterocycles. The molecule has 2 rings (SSSR count). The summed E-state index contributed by atoms with van der Waals surface area (Å²) < 4.78 is 0. The van der Waals surface area contributed by atoms with E-state index in [1.54, 1.807) is 24.5 Å². The topological polar surface area (TPSA) is 54.4 Å². The quantitative estimate of drug-likeness (QED) is 0.525. The fraction of sp³-hybridized carbons (Fsp3) is 0.0714. The summed E-state index contributed by atoms with van der Waals surface area (Å²) in [7, 11) is 0. The predicted molar refractivity (Wildman–Crippen MR) is 82.1 cm³/mol. The zero-order valence-electron chi connectivity index (χ0n) is 10.5. The Bertz CT molecular complexity index is 604. The summed E-state index contributed by atoms with van der Waals surface area (Å²) in [5, 5.41) is 5.32. The van der Waals surface area contributed by atoms with Gasteiger partial charge in [0.05, 0.1) is 17.0 Å². The number of carbonyl (C=O) groups is 1. The number of rotatable bonds is 5. The molecule has 0 unspecified atom stereocenters. The fourth-order valence-electron chi connectivity index (χ4n) is 1.37. The average Bonchev–Trinajstić information content (AvgIpc) is 2.46. The van der Waals surface area contributed by atoms with Crippen molar-refractivity contribution in [1.82, 2.24) is 10.4 Å². The van der Waals surface area contributed by atoms with E-state index in [2.05, 4.69) is 15.5 Å². The van der Waals surface area contributed by atoms with Crippen molar-refractivity contribution >= 4 is 35.5 Å². The zero-order chi connectivity index (χ0) is 14.2. The van der Waals surface area contributed by atoms with Crippen molar-refractivity contribution in [2.75, 3.05) is 5.75 Å². The lowest BCUT2D eigenvalue weighted by Crippen LogP contribution is -2.19. The van der Waals surface area contributed by atoms with Gasteiger partial charge in [0.25, 0.3) is 0 Å². The number of pyridine rings is 1. The minimum Gasteiger partial charge on any atom is -0.272 e. The Morgan fingerprint density at radius 2 is 2.25 bits per heavy atom. The van der Waals surface area contributed by atoms with E-state index in [0.717, 1.165) is 10.6 Å². The number of halogens is 1. The second-order valence-electron chi connectivity index (χ2n) is 3.80. The Morgan fingerprint density at radius 3 is 3.00 bits per heavy atom. The highest BCUT2D eigenvalue weighted by atomic mass is 35.5. The zero-order valence-corrected chi connectivity index (χ0v) is 12.1. The SMILES string of the molecule is O=C(CSc1ccccn1)NN=Cc1cccc(Cl)c1. The smallest absolute Gasteiger partial charge is 0.250 e. The first-order valence-corrected chi connectivity index (χ1v) is 7.22. The van der Waals surface area contributed by atoms with Crippen LogP contribution in [0.3, 0.4) is 0 Å². The second-order valence-corrected chi connectivity index (χ2v) is 5.24. The molecule has 1 heterocycles. The van der Waals surface area contributed by atoms with Crippen LogP contribution in [0.2, 0.25) is 5.02 Å². The Kier molecular flexibility index (Phi) is 5.58. The van der Waals surface area contributed by atoms with Crippen LogP contribution in [-0.4, -0.2) is 22.9 Å². The van der Waals surface area contributed by atoms with Gasteiger partial charge in [0.1, 0.15) is 0 Å². The fourth-order valence-corrected chi connectivity index (χ4v) is 2.22. The summed E-state index contributed by atoms with van der Waals surface area (Å²) in [6.45, 7) is 0. The van der Waals surface area contributed by atoms with Crippen LogP contribution in [-0.2, 0) is 4.79 Å². The molecule has 0 aliphatic heterocycles. The number of nitrogens with zero attached hydrogens (tertiary/aromatic N) is 2. The molecule has 0 saturated carbocycles. The van der Waals surface area contributed by atoms with Crippen molar-refractivity contribution in [3.63, 3.8) is 0 Å². The number of thioether (sulfide) groups is 1. The third-order valence-corrected chi connectivity index (χ3v) is 3.42. The van der Waals surface area contributed by atoms with Gasteiger partial charge in [-0.2, -0.15) is 5.10 Å². The van der Waals surface area contributed by atoms with E-state index >= 15 is 0 Å². The second kappa shape index (κ2) is 7.67. The van der Waals surface area contributed by atoms with E-state index in [9.17, 15) is 4.79 Å². The summed E-state index contributed by atoms with van der Waals surface area (Å²) in [5.41, 5.74) is 3.29. The highest BCUT2D eigenvalue weighted by Gasteiger charge is 2.01. The van der Waals surface area contributed by atoms with Gasteiger partial charge in [0, 0.05) is 11.2 Å². The van der Waals surface area contributed by atoms with E-state index in [4.69, 9.17) is 11.6 Å². The number of aromatic nitrogens is 1. The number of hydrogen-bond donors (Lipinski definition) is 1. The number of amides is 1. The molecule has 1 N–H and O–H groups in total. The van der Waals surface area contributed by atoms with Crippen LogP contribution in [0, 0.1) is 0 Å². The van der Waals surface area contributed by atoms with Crippen LogP contribution in [0.15, 0.2) is 58.8 Å². The third-order valence-electron chi connectivity index (χ3n) is 2.24. The largest absolute Gasteiger partial charge is 0.272 e. The van der Waals surface area contributed by atoms with Crippen molar-refractivity contribution < 1.29 is 4.79 Å². The molecule has 0 radical (unpaired) electrons. The Labute approximate surface area is 126 Å². The molecule has 102 valence electrons. The van der Waals surface area contributed by atoms with Gasteiger partial charge in [-0.3, -0.25) is 4.79 Å². The average molecular weight is 306 g/mol. The Hall–Kier alpha value is -1.85. The number of nitrogens with one attached hydrogen (secondary N) is 1. The molecule has 0 spiro atoms. The molecule has 4 nitrogen and oxygen atoms in total. The van der Waals surface area contributed by atoms with Crippen molar-refractivity contribution in [2.24, 2.45) is 5.10 Å². The molecule has 1 amide bonds. The van der Waals surface area contributed by atoms with Crippen LogP contribution in [0.25, 0.3) is 0 Å². The predicted octanol–water partition coefficient (Wildman–Crippen LogP) is 2.98. The summed E-state index contributed by atoms with van der Waals surface area (Å²) in [4.78, 5) is 15.7. The van der Waals surface area contributed by atoms with Crippen molar-refractivity contribution in [2.45, 2.75) is 5.03 Å². The summed E-state index contributed by atoms with van der Waals surface area (Å²) in [6.07, 6.45) is 3.24. The normalized spacial score (nSPS) is 10.7. The molecule has 1 aromatic carbocycles. The highest BCUT2D eigenvalue weighted by Crippen LogP contribution is 2.13. The van der Waals surface area contributed by atoms with Gasteiger partial charge in [-0.25, -0.2) is 10.4 Å². The van der Waals surface area contributed by atoms with Crippen LogP contribution < -0.4 is 5.43 Å². The van der Waals surface area contributed by atoms with E-state index in [1.165, 1.54) is 11.8 Å². The molecular formula is C14H12ClN3OS. The van der Waals surface area contributed by atoms with Crippen LogP contribution >= 0.6 is 23.4 Å². The first kappa shape index (κ1) is 14.6. The van der Waals surface area contributed by atoms with Gasteiger partial charge < -0.3 is 0 Å². The van der Waals surface area contributed by atoms with Gasteiger partial charge in [-0.15, -0.1) is 0 Å². The maximum absolute atomic E-state index is 11.6. The number of benzene rings is 1. The standard InChI is InChI=1S/C14H12ClN3OS/c15-12-5-3-4-11(8-12)9-17-18-13(19)10-20-14-6-1-2-7-16-14/h1-9H,10H2,(H,18,19). The first-order chi connectivity index (χ1) is 9.74. The van der Waals surface area contributed by atoms with Crippen LogP contribution in [0.5, 0.6) is 0 Å². The molecule has 0 aliphatic rings. The van der Waals surface area contributed by atoms with Gasteiger partial charge in [-0.05, 0) is 29.8 Å². The van der Waals surface area contributed by atoms with Crippen molar-refractivity contribution in [3.8, 4) is 0 Å². The molecule has 0 aliphatic carbocycles. The number of hydrazone groups is 1. The maximum Gasteiger partial charge on any atom is 0.250 e. The highest BCUT2D eigenvalue weighted by molar-refractivity contribution is 7.99. The molecule has 0 atom stereocenters. The van der Waals surface area contributed by atoms with Crippen LogP contribution in [0.4, 0.5) is 0 Å². The third kappa shape index (κ3) is 5.03. The summed E-state index contributed by atoms with van der Waals surface area (Å²) >= 11 is 7.20. The lowest BCUT2D eigenvalue weighted by Gasteiger charge is -1.99. The molecule has 6 heteroatoms. The monoisotopic (exact) mass is 305 g/mol. The number of hydrogen-bond acceptors (Lipinski definition) is 4. The van der Waals surface area contributed by atoms with E-state index in [1.807, 2.05) is 30.3 Å². The van der Waals surface area contributed by atoms with Crippen molar-refractivity contribution in [3.05, 3.63) is 59.2 Å². The minimum atomic E-state index is -0.182. The molecular weight excluding hydrogens is 294 g/mol. The molecule has 2 aromatic rings. The van der Waals surface area contributed by atoms with Crippen LogP contribution in [0.1, 0.15) is 5.56 Å². The summed E-state index contributed by atoms with van der Waals surface area (Å²) in [6, 6.07) is 12.8. The van der Waals surface area contributed by atoms with E-state index in [0.29, 0.717) is 5.02 Å². The summed E-state index contributed by atoms with van der Waals surface area (Å²) in [5.74, 6) is 0.0862. The first-order valence-electron chi connectivity index (χ1n) is 5.85. The van der Waals surface area contributed by atoms with E-state index < -0.39 is 0 Å².